The quantitative estimate of drug-likeness (QED) is 0.897. The monoisotopic (exact) mass is 248 g/mol. The lowest BCUT2D eigenvalue weighted by Gasteiger charge is -2.15. The summed E-state index contributed by atoms with van der Waals surface area (Å²) in [5.74, 6) is 1.56. The van der Waals surface area contributed by atoms with E-state index in [9.17, 15) is 0 Å². The molecule has 2 aromatic heterocycles. The first-order chi connectivity index (χ1) is 8.20. The van der Waals surface area contributed by atoms with E-state index in [1.54, 1.807) is 24.6 Å². The number of nitrogens with zero attached hydrogens (tertiary/aromatic N) is 1. The molecule has 0 spiro atoms. The zero-order valence-corrected chi connectivity index (χ0v) is 11.0. The lowest BCUT2D eigenvalue weighted by molar-refractivity contribution is 0.414. The molecule has 0 saturated heterocycles. The average molecular weight is 248 g/mol. The summed E-state index contributed by atoms with van der Waals surface area (Å²) in [7, 11) is 1.65. The zero-order valence-electron chi connectivity index (χ0n) is 10.2. The van der Waals surface area contributed by atoms with E-state index >= 15 is 0 Å². The van der Waals surface area contributed by atoms with E-state index in [0.717, 1.165) is 11.6 Å². The van der Waals surface area contributed by atoms with Gasteiger partial charge in [0, 0.05) is 16.0 Å². The minimum absolute atomic E-state index is 0.234. The van der Waals surface area contributed by atoms with Crippen molar-refractivity contribution in [2.45, 2.75) is 19.9 Å². The Hall–Kier alpha value is -1.55. The molecule has 0 aliphatic carbocycles. The number of rotatable bonds is 4. The van der Waals surface area contributed by atoms with E-state index in [1.807, 2.05) is 12.1 Å². The van der Waals surface area contributed by atoms with Gasteiger partial charge in [-0.05, 0) is 38.1 Å². The smallest absolute Gasteiger partial charge is 0.169 e. The normalized spacial score (nSPS) is 12.2. The first kappa shape index (κ1) is 11.9. The van der Waals surface area contributed by atoms with Crippen LogP contribution in [0.15, 0.2) is 30.5 Å². The Morgan fingerprint density at radius 1 is 1.35 bits per heavy atom. The van der Waals surface area contributed by atoms with Crippen molar-refractivity contribution in [3.05, 3.63) is 40.2 Å². The predicted molar refractivity (Wildman–Crippen MR) is 71.9 cm³/mol. The minimum Gasteiger partial charge on any atom is -0.493 e. The number of hydrogen-bond donors (Lipinski definition) is 1. The molecule has 2 aromatic rings. The molecule has 1 unspecified atom stereocenters. The Morgan fingerprint density at radius 2 is 2.18 bits per heavy atom. The summed E-state index contributed by atoms with van der Waals surface area (Å²) in [6.07, 6.45) is 1.76. The lowest BCUT2D eigenvalue weighted by Crippen LogP contribution is -2.07. The molecule has 2 rings (SSSR count). The first-order valence-electron chi connectivity index (χ1n) is 5.52. The highest BCUT2D eigenvalue weighted by Crippen LogP contribution is 2.28. The van der Waals surface area contributed by atoms with Gasteiger partial charge in [0.25, 0.3) is 0 Å². The number of ether oxygens (including phenoxy) is 1. The van der Waals surface area contributed by atoms with Crippen molar-refractivity contribution >= 4 is 17.2 Å². The Morgan fingerprint density at radius 3 is 2.82 bits per heavy atom. The molecule has 0 aromatic carbocycles. The molecular weight excluding hydrogens is 232 g/mol. The van der Waals surface area contributed by atoms with Gasteiger partial charge < -0.3 is 10.1 Å². The minimum atomic E-state index is 0.234. The molecule has 1 atom stereocenters. The SMILES string of the molecule is COc1cccnc1NC(C)c1ccc(C)s1. The highest BCUT2D eigenvalue weighted by Gasteiger charge is 2.10. The van der Waals surface area contributed by atoms with Crippen molar-refractivity contribution in [3.8, 4) is 5.75 Å². The maximum atomic E-state index is 5.27. The summed E-state index contributed by atoms with van der Waals surface area (Å²) in [4.78, 5) is 6.91. The van der Waals surface area contributed by atoms with Crippen molar-refractivity contribution in [2.24, 2.45) is 0 Å². The molecule has 0 bridgehead atoms. The molecule has 0 fully saturated rings. The van der Waals surface area contributed by atoms with Crippen LogP contribution in [0.2, 0.25) is 0 Å². The second kappa shape index (κ2) is 5.19. The topological polar surface area (TPSA) is 34.1 Å². The third kappa shape index (κ3) is 2.77. The number of nitrogens with one attached hydrogen (secondary N) is 1. The number of thiophene rings is 1. The summed E-state index contributed by atoms with van der Waals surface area (Å²) in [6, 6.07) is 8.28. The van der Waals surface area contributed by atoms with E-state index in [1.165, 1.54) is 9.75 Å². The van der Waals surface area contributed by atoms with Gasteiger partial charge in [0.05, 0.1) is 13.2 Å². The number of aromatic nitrogens is 1. The van der Waals surface area contributed by atoms with Crippen LogP contribution in [0.25, 0.3) is 0 Å². The van der Waals surface area contributed by atoms with Gasteiger partial charge in [-0.1, -0.05) is 0 Å². The van der Waals surface area contributed by atoms with Crippen LogP contribution in [0, 0.1) is 6.92 Å². The Kier molecular flexibility index (Phi) is 3.64. The molecule has 1 N–H and O–H groups in total. The standard InChI is InChI=1S/C13H16N2OS/c1-9-6-7-12(17-9)10(2)15-13-11(16-3)5-4-8-14-13/h4-8,10H,1-3H3,(H,14,15). The van der Waals surface area contributed by atoms with E-state index < -0.39 is 0 Å². The van der Waals surface area contributed by atoms with Gasteiger partial charge in [-0.15, -0.1) is 11.3 Å². The van der Waals surface area contributed by atoms with Gasteiger partial charge >= 0.3 is 0 Å². The molecule has 2 heterocycles. The van der Waals surface area contributed by atoms with Crippen LogP contribution in [0.1, 0.15) is 22.7 Å². The molecule has 4 heteroatoms. The van der Waals surface area contributed by atoms with Crippen molar-refractivity contribution < 1.29 is 4.74 Å². The number of pyridine rings is 1. The summed E-state index contributed by atoms with van der Waals surface area (Å²) in [5.41, 5.74) is 0. The first-order valence-corrected chi connectivity index (χ1v) is 6.34. The Bertz CT molecular complexity index is 496. The molecule has 0 radical (unpaired) electrons. The predicted octanol–water partition coefficient (Wildman–Crippen LogP) is 3.63. The van der Waals surface area contributed by atoms with E-state index in [2.05, 4.69) is 36.3 Å². The summed E-state index contributed by atoms with van der Waals surface area (Å²) >= 11 is 1.80. The van der Waals surface area contributed by atoms with Crippen LogP contribution in [0.3, 0.4) is 0 Å². The van der Waals surface area contributed by atoms with Crippen LogP contribution in [0.4, 0.5) is 5.82 Å². The van der Waals surface area contributed by atoms with Crippen LogP contribution < -0.4 is 10.1 Å². The number of anilines is 1. The van der Waals surface area contributed by atoms with Gasteiger partial charge in [0.1, 0.15) is 0 Å². The van der Waals surface area contributed by atoms with Crippen molar-refractivity contribution in [1.29, 1.82) is 0 Å². The van der Waals surface area contributed by atoms with Gasteiger partial charge in [0.15, 0.2) is 11.6 Å². The lowest BCUT2D eigenvalue weighted by atomic mass is 10.2. The van der Waals surface area contributed by atoms with E-state index in [-0.39, 0.29) is 6.04 Å². The fourth-order valence-corrected chi connectivity index (χ4v) is 2.51. The average Bonchev–Trinajstić information content (AvgIpc) is 2.77. The van der Waals surface area contributed by atoms with E-state index in [4.69, 9.17) is 4.74 Å². The molecular formula is C13H16N2OS. The van der Waals surface area contributed by atoms with E-state index in [0.29, 0.717) is 0 Å². The highest BCUT2D eigenvalue weighted by atomic mass is 32.1. The van der Waals surface area contributed by atoms with Crippen LogP contribution >= 0.6 is 11.3 Å². The van der Waals surface area contributed by atoms with Crippen LogP contribution in [-0.4, -0.2) is 12.1 Å². The molecule has 0 aliphatic heterocycles. The number of aryl methyl sites for hydroxylation is 1. The number of methoxy groups -OCH3 is 1. The molecule has 0 amide bonds. The van der Waals surface area contributed by atoms with Crippen molar-refractivity contribution in [2.75, 3.05) is 12.4 Å². The third-order valence-electron chi connectivity index (χ3n) is 2.53. The van der Waals surface area contributed by atoms with Crippen LogP contribution in [0.5, 0.6) is 5.75 Å². The van der Waals surface area contributed by atoms with Gasteiger partial charge in [0.2, 0.25) is 0 Å². The summed E-state index contributed by atoms with van der Waals surface area (Å²) in [6.45, 7) is 4.24. The van der Waals surface area contributed by atoms with Crippen LogP contribution in [-0.2, 0) is 0 Å². The Balaban J connectivity index is 2.15. The Labute approximate surface area is 105 Å². The van der Waals surface area contributed by atoms with Gasteiger partial charge in [-0.25, -0.2) is 4.98 Å². The maximum Gasteiger partial charge on any atom is 0.169 e. The zero-order chi connectivity index (χ0) is 12.3. The molecule has 3 nitrogen and oxygen atoms in total. The molecule has 90 valence electrons. The fraction of sp³-hybridized carbons (Fsp3) is 0.308. The summed E-state index contributed by atoms with van der Waals surface area (Å²) < 4.78 is 5.27. The largest absolute Gasteiger partial charge is 0.493 e. The van der Waals surface area contributed by atoms with Gasteiger partial charge in [-0.3, -0.25) is 0 Å². The fourth-order valence-electron chi connectivity index (χ4n) is 1.63. The third-order valence-corrected chi connectivity index (χ3v) is 3.72. The maximum absolute atomic E-state index is 5.27. The molecule has 0 saturated carbocycles. The second-order valence-corrected chi connectivity index (χ2v) is 5.19. The molecule has 0 aliphatic rings. The summed E-state index contributed by atoms with van der Waals surface area (Å²) in [5, 5.41) is 3.37. The second-order valence-electron chi connectivity index (χ2n) is 3.87. The van der Waals surface area contributed by atoms with Crippen molar-refractivity contribution in [3.63, 3.8) is 0 Å². The molecule has 17 heavy (non-hydrogen) atoms. The highest BCUT2D eigenvalue weighted by molar-refractivity contribution is 7.12. The van der Waals surface area contributed by atoms with Crippen molar-refractivity contribution in [1.82, 2.24) is 4.98 Å². The van der Waals surface area contributed by atoms with Gasteiger partial charge in [-0.2, -0.15) is 0 Å². The number of hydrogen-bond acceptors (Lipinski definition) is 4.